The number of hydrogen-bond donors (Lipinski definition) is 0. The highest BCUT2D eigenvalue weighted by Gasteiger charge is 2.26. The lowest BCUT2D eigenvalue weighted by atomic mass is 9.97. The second-order valence-corrected chi connectivity index (χ2v) is 5.91. The molecule has 2 aromatic carbocycles. The fourth-order valence-corrected chi connectivity index (χ4v) is 2.86. The Morgan fingerprint density at radius 2 is 1.86 bits per heavy atom. The second kappa shape index (κ2) is 6.22. The first-order chi connectivity index (χ1) is 10.6. The van der Waals surface area contributed by atoms with Gasteiger partial charge < -0.3 is 9.64 Å². The minimum absolute atomic E-state index is 0.0966. The van der Waals surface area contributed by atoms with Crippen LogP contribution in [0.25, 0.3) is 0 Å². The van der Waals surface area contributed by atoms with Gasteiger partial charge in [-0.1, -0.05) is 36.4 Å². The first-order valence-electron chi connectivity index (χ1n) is 7.77. The number of amides is 1. The molecule has 1 heterocycles. The van der Waals surface area contributed by atoms with Crippen molar-refractivity contribution in [2.24, 2.45) is 0 Å². The Labute approximate surface area is 131 Å². The Morgan fingerprint density at radius 1 is 1.09 bits per heavy atom. The number of ether oxygens (including phenoxy) is 1. The predicted molar refractivity (Wildman–Crippen MR) is 87.1 cm³/mol. The van der Waals surface area contributed by atoms with Crippen molar-refractivity contribution < 1.29 is 9.53 Å². The molecule has 1 aliphatic rings. The normalized spacial score (nSPS) is 14.1. The SMILES string of the molecule is CC(C)Oc1cccc2c1CCN(Cc1ccccc1)C2=O. The van der Waals surface area contributed by atoms with Gasteiger partial charge in [0.15, 0.2) is 0 Å². The smallest absolute Gasteiger partial charge is 0.254 e. The van der Waals surface area contributed by atoms with Crippen molar-refractivity contribution in [3.05, 3.63) is 65.2 Å². The van der Waals surface area contributed by atoms with Gasteiger partial charge in [0.25, 0.3) is 5.91 Å². The lowest BCUT2D eigenvalue weighted by molar-refractivity contribution is 0.0724. The molecule has 0 saturated carbocycles. The molecule has 0 spiro atoms. The Bertz CT molecular complexity index is 664. The Balaban J connectivity index is 1.84. The van der Waals surface area contributed by atoms with Crippen LogP contribution in [0.4, 0.5) is 0 Å². The summed E-state index contributed by atoms with van der Waals surface area (Å²) in [6.45, 7) is 5.41. The molecule has 22 heavy (non-hydrogen) atoms. The van der Waals surface area contributed by atoms with Gasteiger partial charge in [-0.05, 0) is 38.0 Å². The molecule has 0 atom stereocenters. The zero-order valence-electron chi connectivity index (χ0n) is 13.1. The molecule has 0 bridgehead atoms. The number of carbonyl (C=O) groups is 1. The summed E-state index contributed by atoms with van der Waals surface area (Å²) in [5, 5.41) is 0. The lowest BCUT2D eigenvalue weighted by Crippen LogP contribution is -2.37. The zero-order chi connectivity index (χ0) is 15.5. The van der Waals surface area contributed by atoms with Crippen LogP contribution >= 0.6 is 0 Å². The van der Waals surface area contributed by atoms with E-state index >= 15 is 0 Å². The molecule has 1 aliphatic heterocycles. The van der Waals surface area contributed by atoms with E-state index in [-0.39, 0.29) is 12.0 Å². The molecular weight excluding hydrogens is 274 g/mol. The van der Waals surface area contributed by atoms with Crippen molar-refractivity contribution >= 4 is 5.91 Å². The molecule has 0 saturated heterocycles. The number of carbonyl (C=O) groups excluding carboxylic acids is 1. The van der Waals surface area contributed by atoms with Crippen LogP contribution in [0.15, 0.2) is 48.5 Å². The van der Waals surface area contributed by atoms with E-state index in [1.54, 1.807) is 0 Å². The van der Waals surface area contributed by atoms with Crippen LogP contribution in [0.5, 0.6) is 5.75 Å². The lowest BCUT2D eigenvalue weighted by Gasteiger charge is -2.30. The molecule has 114 valence electrons. The van der Waals surface area contributed by atoms with E-state index in [0.29, 0.717) is 6.54 Å². The summed E-state index contributed by atoms with van der Waals surface area (Å²) >= 11 is 0. The van der Waals surface area contributed by atoms with Gasteiger partial charge in [0.05, 0.1) is 6.10 Å². The monoisotopic (exact) mass is 295 g/mol. The van der Waals surface area contributed by atoms with Crippen molar-refractivity contribution in [3.63, 3.8) is 0 Å². The fraction of sp³-hybridized carbons (Fsp3) is 0.316. The molecule has 3 rings (SSSR count). The van der Waals surface area contributed by atoms with Gasteiger partial charge in [0.1, 0.15) is 5.75 Å². The minimum atomic E-state index is 0.0966. The molecule has 2 aromatic rings. The van der Waals surface area contributed by atoms with Crippen molar-refractivity contribution in [1.29, 1.82) is 0 Å². The molecule has 0 unspecified atom stereocenters. The van der Waals surface area contributed by atoms with E-state index in [4.69, 9.17) is 4.74 Å². The van der Waals surface area contributed by atoms with E-state index < -0.39 is 0 Å². The van der Waals surface area contributed by atoms with Gasteiger partial charge in [-0.2, -0.15) is 0 Å². The van der Waals surface area contributed by atoms with E-state index in [1.807, 2.05) is 55.1 Å². The molecule has 0 fully saturated rings. The summed E-state index contributed by atoms with van der Waals surface area (Å²) < 4.78 is 5.84. The molecule has 3 nitrogen and oxygen atoms in total. The Hall–Kier alpha value is -2.29. The van der Waals surface area contributed by atoms with Gasteiger partial charge in [0.2, 0.25) is 0 Å². The van der Waals surface area contributed by atoms with Gasteiger partial charge in [-0.25, -0.2) is 0 Å². The predicted octanol–water partition coefficient (Wildman–Crippen LogP) is 3.67. The van der Waals surface area contributed by atoms with Crippen LogP contribution in [0, 0.1) is 0 Å². The van der Waals surface area contributed by atoms with Crippen molar-refractivity contribution in [2.75, 3.05) is 6.54 Å². The van der Waals surface area contributed by atoms with E-state index in [1.165, 1.54) is 0 Å². The summed E-state index contributed by atoms with van der Waals surface area (Å²) in [4.78, 5) is 14.6. The highest BCUT2D eigenvalue weighted by molar-refractivity contribution is 5.97. The zero-order valence-corrected chi connectivity index (χ0v) is 13.1. The van der Waals surface area contributed by atoms with E-state index in [2.05, 4.69) is 12.1 Å². The molecule has 0 aliphatic carbocycles. The largest absolute Gasteiger partial charge is 0.491 e. The quantitative estimate of drug-likeness (QED) is 0.861. The summed E-state index contributed by atoms with van der Waals surface area (Å²) in [5.74, 6) is 0.944. The van der Waals surface area contributed by atoms with Crippen LogP contribution in [-0.2, 0) is 13.0 Å². The van der Waals surface area contributed by atoms with Crippen LogP contribution in [0.3, 0.4) is 0 Å². The number of benzene rings is 2. The maximum atomic E-state index is 12.7. The number of rotatable bonds is 4. The minimum Gasteiger partial charge on any atom is -0.491 e. The molecule has 0 radical (unpaired) electrons. The third-order valence-corrected chi connectivity index (χ3v) is 3.86. The molecule has 1 amide bonds. The van der Waals surface area contributed by atoms with Crippen molar-refractivity contribution in [2.45, 2.75) is 32.9 Å². The Morgan fingerprint density at radius 3 is 2.59 bits per heavy atom. The topological polar surface area (TPSA) is 29.5 Å². The van der Waals surface area contributed by atoms with Gasteiger partial charge in [-0.15, -0.1) is 0 Å². The highest BCUT2D eigenvalue weighted by Crippen LogP contribution is 2.29. The van der Waals surface area contributed by atoms with Crippen LogP contribution in [0.1, 0.15) is 35.3 Å². The fourth-order valence-electron chi connectivity index (χ4n) is 2.86. The van der Waals surface area contributed by atoms with Crippen molar-refractivity contribution in [3.8, 4) is 5.75 Å². The van der Waals surface area contributed by atoms with Gasteiger partial charge in [0, 0.05) is 24.2 Å². The summed E-state index contributed by atoms with van der Waals surface area (Å²) in [6.07, 6.45) is 0.959. The average Bonchev–Trinajstić information content (AvgIpc) is 2.51. The maximum Gasteiger partial charge on any atom is 0.254 e. The van der Waals surface area contributed by atoms with Crippen molar-refractivity contribution in [1.82, 2.24) is 4.90 Å². The van der Waals surface area contributed by atoms with E-state index in [9.17, 15) is 4.79 Å². The average molecular weight is 295 g/mol. The molecular formula is C19H21NO2. The van der Waals surface area contributed by atoms with Crippen LogP contribution in [-0.4, -0.2) is 23.5 Å². The first kappa shape index (κ1) is 14.6. The van der Waals surface area contributed by atoms with E-state index in [0.717, 1.165) is 35.4 Å². The van der Waals surface area contributed by atoms with Gasteiger partial charge >= 0.3 is 0 Å². The van der Waals surface area contributed by atoms with Crippen LogP contribution < -0.4 is 4.74 Å². The number of fused-ring (bicyclic) bond motifs is 1. The number of hydrogen-bond acceptors (Lipinski definition) is 2. The standard InChI is InChI=1S/C19H21NO2/c1-14(2)22-18-10-6-9-17-16(18)11-12-20(19(17)21)13-15-7-4-3-5-8-15/h3-10,14H,11-13H2,1-2H3. The first-order valence-corrected chi connectivity index (χ1v) is 7.77. The second-order valence-electron chi connectivity index (χ2n) is 5.91. The number of nitrogens with zero attached hydrogens (tertiary/aromatic N) is 1. The Kier molecular flexibility index (Phi) is 4.14. The third kappa shape index (κ3) is 2.98. The summed E-state index contributed by atoms with van der Waals surface area (Å²) in [7, 11) is 0. The highest BCUT2D eigenvalue weighted by atomic mass is 16.5. The summed E-state index contributed by atoms with van der Waals surface area (Å²) in [5.41, 5.74) is 2.99. The molecule has 3 heteroatoms. The summed E-state index contributed by atoms with van der Waals surface area (Å²) in [6, 6.07) is 15.9. The van der Waals surface area contributed by atoms with Crippen LogP contribution in [0.2, 0.25) is 0 Å². The third-order valence-electron chi connectivity index (χ3n) is 3.86. The van der Waals surface area contributed by atoms with Gasteiger partial charge in [-0.3, -0.25) is 4.79 Å². The molecule has 0 aromatic heterocycles. The maximum absolute atomic E-state index is 12.7. The molecule has 0 N–H and O–H groups in total.